The fourth-order valence-corrected chi connectivity index (χ4v) is 4.19. The third-order valence-electron chi connectivity index (χ3n) is 5.16. The van der Waals surface area contributed by atoms with Crippen LogP contribution in [0.25, 0.3) is 11.0 Å². The number of fused-ring (bicyclic) bond motifs is 1. The van der Waals surface area contributed by atoms with Crippen LogP contribution in [0.15, 0.2) is 77.9 Å². The summed E-state index contributed by atoms with van der Waals surface area (Å²) in [6.07, 6.45) is 11.0. The zero-order chi connectivity index (χ0) is 19.7. The molecule has 0 radical (unpaired) electrons. The van der Waals surface area contributed by atoms with E-state index in [-0.39, 0.29) is 11.5 Å². The molecule has 3 nitrogen and oxygen atoms in total. The Hall–Kier alpha value is -2.46. The van der Waals surface area contributed by atoms with Gasteiger partial charge < -0.3 is 9.29 Å². The second-order valence-electron chi connectivity index (χ2n) is 8.40. The fraction of sp³-hybridized carbons (Fsp3) is 0.292. The predicted molar refractivity (Wildman–Crippen MR) is 121 cm³/mol. The molecule has 0 amide bonds. The van der Waals surface area contributed by atoms with Gasteiger partial charge in [0.2, 0.25) is 0 Å². The first-order valence-corrected chi connectivity index (χ1v) is 10.6. The minimum absolute atomic E-state index is 0.0175. The predicted octanol–water partition coefficient (Wildman–Crippen LogP) is 6.76. The Bertz CT molecular complexity index is 1030. The molecular weight excluding hydrogens is 362 g/mol. The Morgan fingerprint density at radius 2 is 1.75 bits per heavy atom. The summed E-state index contributed by atoms with van der Waals surface area (Å²) in [4.78, 5) is 6.28. The highest BCUT2D eigenvalue weighted by molar-refractivity contribution is 8.00. The molecule has 4 rings (SSSR count). The van der Waals surface area contributed by atoms with Gasteiger partial charge >= 0.3 is 0 Å². The van der Waals surface area contributed by atoms with E-state index in [9.17, 15) is 0 Å². The van der Waals surface area contributed by atoms with E-state index >= 15 is 0 Å². The highest BCUT2D eigenvalue weighted by Crippen LogP contribution is 2.36. The summed E-state index contributed by atoms with van der Waals surface area (Å²) in [5.74, 6) is 0.426. The summed E-state index contributed by atoms with van der Waals surface area (Å²) in [7, 11) is 0. The number of aromatic nitrogens is 2. The molecule has 0 saturated heterocycles. The summed E-state index contributed by atoms with van der Waals surface area (Å²) < 4.78 is 5.87. The van der Waals surface area contributed by atoms with E-state index in [0.717, 1.165) is 22.4 Å². The van der Waals surface area contributed by atoms with Crippen molar-refractivity contribution in [1.29, 1.82) is 0 Å². The van der Waals surface area contributed by atoms with Crippen molar-refractivity contribution >= 4 is 28.7 Å². The first kappa shape index (κ1) is 18.9. The van der Waals surface area contributed by atoms with Gasteiger partial charge in [-0.1, -0.05) is 70.2 Å². The number of pyridine rings is 1. The van der Waals surface area contributed by atoms with Gasteiger partial charge in [0.05, 0.1) is 11.7 Å². The molecule has 28 heavy (non-hydrogen) atoms. The van der Waals surface area contributed by atoms with Crippen molar-refractivity contribution in [2.75, 3.05) is 4.72 Å². The van der Waals surface area contributed by atoms with Crippen LogP contribution >= 0.6 is 11.9 Å². The van der Waals surface area contributed by atoms with Crippen LogP contribution in [0, 0.1) is 5.92 Å². The van der Waals surface area contributed by atoms with E-state index < -0.39 is 0 Å². The molecule has 0 spiro atoms. The molecule has 1 aromatic carbocycles. The zero-order valence-electron chi connectivity index (χ0n) is 16.9. The maximum atomic E-state index is 5.09. The van der Waals surface area contributed by atoms with E-state index in [1.807, 2.05) is 6.07 Å². The van der Waals surface area contributed by atoms with Crippen molar-refractivity contribution in [1.82, 2.24) is 9.55 Å². The van der Waals surface area contributed by atoms with Crippen LogP contribution in [0.3, 0.4) is 0 Å². The minimum Gasteiger partial charge on any atom is -0.324 e. The first-order chi connectivity index (χ1) is 13.4. The molecular formula is C24H27N3S. The van der Waals surface area contributed by atoms with Gasteiger partial charge in [-0.25, -0.2) is 4.98 Å². The summed E-state index contributed by atoms with van der Waals surface area (Å²) in [5, 5.41) is 1.16. The van der Waals surface area contributed by atoms with Gasteiger partial charge in [-0.15, -0.1) is 0 Å². The summed E-state index contributed by atoms with van der Waals surface area (Å²) >= 11 is 1.64. The Labute approximate surface area is 171 Å². The molecule has 1 N–H and O–H groups in total. The number of nitrogens with one attached hydrogen (secondary N) is 1. The van der Waals surface area contributed by atoms with Crippen molar-refractivity contribution in [3.05, 3.63) is 78.7 Å². The minimum atomic E-state index is 0.0175. The smallest absolute Gasteiger partial charge is 0.142 e. The lowest BCUT2D eigenvalue weighted by molar-refractivity contribution is 0.494. The lowest BCUT2D eigenvalue weighted by atomic mass is 9.91. The first-order valence-electron chi connectivity index (χ1n) is 9.78. The SMILES string of the molecule is CC1C=CC=CC1n1cc(NSc2ccccc2)c2ccc(C(C)(C)C)nc21. The largest absolute Gasteiger partial charge is 0.324 e. The molecule has 1 aliphatic carbocycles. The lowest BCUT2D eigenvalue weighted by Crippen LogP contribution is -2.17. The zero-order valence-corrected chi connectivity index (χ0v) is 17.7. The molecule has 2 heterocycles. The average Bonchev–Trinajstić information content (AvgIpc) is 3.05. The highest BCUT2D eigenvalue weighted by Gasteiger charge is 2.23. The number of rotatable bonds is 4. The molecule has 2 aromatic heterocycles. The Kier molecular flexibility index (Phi) is 5.07. The fourth-order valence-electron chi connectivity index (χ4n) is 3.51. The van der Waals surface area contributed by atoms with Crippen LogP contribution in [-0.4, -0.2) is 9.55 Å². The Morgan fingerprint density at radius 3 is 2.46 bits per heavy atom. The van der Waals surface area contributed by atoms with Crippen LogP contribution in [0.2, 0.25) is 0 Å². The average molecular weight is 390 g/mol. The molecule has 144 valence electrons. The van der Waals surface area contributed by atoms with Gasteiger partial charge in [-0.2, -0.15) is 0 Å². The van der Waals surface area contributed by atoms with Crippen LogP contribution in [-0.2, 0) is 5.41 Å². The third kappa shape index (κ3) is 3.74. The second kappa shape index (κ2) is 7.51. The summed E-state index contributed by atoms with van der Waals surface area (Å²) in [5.41, 5.74) is 3.28. The molecule has 1 aliphatic rings. The van der Waals surface area contributed by atoms with Crippen molar-refractivity contribution in [3.8, 4) is 0 Å². The topological polar surface area (TPSA) is 29.9 Å². The third-order valence-corrected chi connectivity index (χ3v) is 5.99. The maximum absolute atomic E-state index is 5.09. The molecule has 2 atom stereocenters. The number of anilines is 1. The number of nitrogens with zero attached hydrogens (tertiary/aromatic N) is 2. The van der Waals surface area contributed by atoms with Gasteiger partial charge in [0.25, 0.3) is 0 Å². The second-order valence-corrected chi connectivity index (χ2v) is 9.28. The maximum Gasteiger partial charge on any atom is 0.142 e. The molecule has 3 aromatic rings. The number of hydrogen-bond acceptors (Lipinski definition) is 3. The normalized spacial score (nSPS) is 19.3. The van der Waals surface area contributed by atoms with Crippen LogP contribution in [0.5, 0.6) is 0 Å². The summed E-state index contributed by atoms with van der Waals surface area (Å²) in [6, 6.07) is 15.0. The Balaban J connectivity index is 1.77. The van der Waals surface area contributed by atoms with Gasteiger partial charge in [-0.3, -0.25) is 0 Å². The van der Waals surface area contributed by atoms with E-state index in [0.29, 0.717) is 5.92 Å². The number of hydrogen-bond donors (Lipinski definition) is 1. The molecule has 0 aliphatic heterocycles. The van der Waals surface area contributed by atoms with Gasteiger partial charge in [0.15, 0.2) is 0 Å². The van der Waals surface area contributed by atoms with Gasteiger partial charge in [0, 0.05) is 27.6 Å². The van der Waals surface area contributed by atoms with Gasteiger partial charge in [0.1, 0.15) is 5.65 Å². The van der Waals surface area contributed by atoms with Crippen molar-refractivity contribution in [3.63, 3.8) is 0 Å². The summed E-state index contributed by atoms with van der Waals surface area (Å²) in [6.45, 7) is 8.90. The Morgan fingerprint density at radius 1 is 1.00 bits per heavy atom. The number of allylic oxidation sites excluding steroid dienone is 4. The highest BCUT2D eigenvalue weighted by atomic mass is 32.2. The van der Waals surface area contributed by atoms with E-state index in [1.54, 1.807) is 11.9 Å². The van der Waals surface area contributed by atoms with Crippen LogP contribution in [0.4, 0.5) is 5.69 Å². The molecule has 0 saturated carbocycles. The quantitative estimate of drug-likeness (QED) is 0.500. The van der Waals surface area contributed by atoms with E-state index in [1.165, 1.54) is 4.90 Å². The lowest BCUT2D eigenvalue weighted by Gasteiger charge is -2.24. The molecule has 4 heteroatoms. The van der Waals surface area contributed by atoms with E-state index in [2.05, 4.69) is 104 Å². The standard InChI is InChI=1S/C24H27N3S/c1-17-10-8-9-13-21(17)27-16-20(26-28-18-11-6-5-7-12-18)19-14-15-22(24(2,3)4)25-23(19)27/h5-17,21,26H,1-4H3. The molecule has 0 bridgehead atoms. The van der Waals surface area contributed by atoms with Crippen LogP contribution < -0.4 is 4.72 Å². The van der Waals surface area contributed by atoms with Crippen molar-refractivity contribution < 1.29 is 0 Å². The number of benzene rings is 1. The molecule has 2 unspecified atom stereocenters. The van der Waals surface area contributed by atoms with Gasteiger partial charge in [-0.05, 0) is 42.1 Å². The van der Waals surface area contributed by atoms with Crippen LogP contribution in [0.1, 0.15) is 39.4 Å². The molecule has 0 fully saturated rings. The van der Waals surface area contributed by atoms with E-state index in [4.69, 9.17) is 4.98 Å². The monoisotopic (exact) mass is 389 g/mol. The van der Waals surface area contributed by atoms with Crippen molar-refractivity contribution in [2.24, 2.45) is 5.92 Å². The van der Waals surface area contributed by atoms with Crippen molar-refractivity contribution in [2.45, 2.75) is 44.0 Å².